The van der Waals surface area contributed by atoms with E-state index in [9.17, 15) is 10.1 Å². The number of hydrogen-bond donors (Lipinski definition) is 0. The van der Waals surface area contributed by atoms with E-state index < -0.39 is 5.41 Å². The van der Waals surface area contributed by atoms with Crippen LogP contribution in [0, 0.1) is 16.7 Å². The maximum atomic E-state index is 11.5. The fourth-order valence-corrected chi connectivity index (χ4v) is 2.32. The molecule has 1 atom stereocenters. The molecule has 0 amide bonds. The molecule has 0 N–H and O–H groups in total. The largest absolute Gasteiger partial charge is 0.298 e. The van der Waals surface area contributed by atoms with Gasteiger partial charge in [0.1, 0.15) is 5.41 Å². The Labute approximate surface area is 102 Å². The second kappa shape index (κ2) is 4.68. The zero-order valence-corrected chi connectivity index (χ0v) is 10.0. The summed E-state index contributed by atoms with van der Waals surface area (Å²) in [5.74, 6) is -0.00411. The number of carbonyl (C=O) groups excluding carboxylic acids is 1. The number of nitriles is 1. The molecule has 0 aliphatic carbocycles. The molecule has 3 heteroatoms. The van der Waals surface area contributed by atoms with Gasteiger partial charge < -0.3 is 0 Å². The van der Waals surface area contributed by atoms with Gasteiger partial charge in [0, 0.05) is 19.6 Å². The van der Waals surface area contributed by atoms with E-state index >= 15 is 0 Å². The lowest BCUT2D eigenvalue weighted by Gasteiger charge is -2.19. The minimum Gasteiger partial charge on any atom is -0.298 e. The molecule has 1 heterocycles. The van der Waals surface area contributed by atoms with Crippen LogP contribution in [0.5, 0.6) is 0 Å². The van der Waals surface area contributed by atoms with Crippen LogP contribution < -0.4 is 0 Å². The number of ketones is 1. The number of rotatable bonds is 3. The molecule has 88 valence electrons. The molecule has 0 aromatic heterocycles. The van der Waals surface area contributed by atoms with Crippen LogP contribution in [-0.4, -0.2) is 23.8 Å². The monoisotopic (exact) mass is 228 g/mol. The fourth-order valence-electron chi connectivity index (χ4n) is 2.32. The summed E-state index contributed by atoms with van der Waals surface area (Å²) in [5.41, 5.74) is 0.458. The van der Waals surface area contributed by atoms with Gasteiger partial charge in [-0.05, 0) is 18.9 Å². The molecule has 1 aromatic carbocycles. The van der Waals surface area contributed by atoms with E-state index in [4.69, 9.17) is 0 Å². The third kappa shape index (κ3) is 2.37. The first-order valence-electron chi connectivity index (χ1n) is 5.85. The summed E-state index contributed by atoms with van der Waals surface area (Å²) in [6, 6.07) is 12.3. The van der Waals surface area contributed by atoms with Crippen LogP contribution in [-0.2, 0) is 11.3 Å². The van der Waals surface area contributed by atoms with Crippen LogP contribution in [0.2, 0.25) is 0 Å². The van der Waals surface area contributed by atoms with E-state index in [-0.39, 0.29) is 5.78 Å². The minimum atomic E-state index is -0.769. The first-order chi connectivity index (χ1) is 8.16. The summed E-state index contributed by atoms with van der Waals surface area (Å²) in [5, 5.41) is 9.17. The van der Waals surface area contributed by atoms with Gasteiger partial charge in [-0.3, -0.25) is 9.69 Å². The van der Waals surface area contributed by atoms with Gasteiger partial charge in [0.2, 0.25) is 0 Å². The molecule has 1 saturated heterocycles. The number of hydrogen-bond acceptors (Lipinski definition) is 3. The van der Waals surface area contributed by atoms with Gasteiger partial charge in [-0.2, -0.15) is 5.26 Å². The van der Waals surface area contributed by atoms with Gasteiger partial charge in [0.05, 0.1) is 6.07 Å². The minimum absolute atomic E-state index is 0.00411. The highest BCUT2D eigenvalue weighted by atomic mass is 16.1. The van der Waals surface area contributed by atoms with Crippen molar-refractivity contribution in [3.8, 4) is 6.07 Å². The second-order valence-corrected chi connectivity index (χ2v) is 4.70. The maximum absolute atomic E-state index is 11.5. The summed E-state index contributed by atoms with van der Waals surface area (Å²) < 4.78 is 0. The second-order valence-electron chi connectivity index (χ2n) is 4.70. The van der Waals surface area contributed by atoms with Gasteiger partial charge in [0.15, 0.2) is 5.78 Å². The number of likely N-dealkylation sites (tertiary alicyclic amines) is 1. The number of Topliss-reactive ketones (excluding diaryl/α,β-unsaturated/α-hetero) is 1. The molecular formula is C14H16N2O. The number of nitrogens with zero attached hydrogens (tertiary/aromatic N) is 2. The highest BCUT2D eigenvalue weighted by molar-refractivity contribution is 5.85. The first-order valence-corrected chi connectivity index (χ1v) is 5.85. The van der Waals surface area contributed by atoms with Crippen LogP contribution >= 0.6 is 0 Å². The molecule has 17 heavy (non-hydrogen) atoms. The molecule has 1 fully saturated rings. The highest BCUT2D eigenvalue weighted by Crippen LogP contribution is 2.31. The smallest absolute Gasteiger partial charge is 0.151 e. The third-order valence-electron chi connectivity index (χ3n) is 3.49. The Balaban J connectivity index is 2.04. The number of carbonyl (C=O) groups is 1. The predicted molar refractivity (Wildman–Crippen MR) is 65.1 cm³/mol. The molecule has 0 saturated carbocycles. The van der Waals surface area contributed by atoms with Crippen molar-refractivity contribution in [3.05, 3.63) is 35.9 Å². The number of benzene rings is 1. The Kier molecular flexibility index (Phi) is 3.26. The van der Waals surface area contributed by atoms with Crippen molar-refractivity contribution in [3.63, 3.8) is 0 Å². The lowest BCUT2D eigenvalue weighted by atomic mass is 9.85. The quantitative estimate of drug-likeness (QED) is 0.794. The van der Waals surface area contributed by atoms with Crippen molar-refractivity contribution in [1.82, 2.24) is 4.90 Å². The van der Waals surface area contributed by atoms with Crippen LogP contribution in [0.3, 0.4) is 0 Å². The summed E-state index contributed by atoms with van der Waals surface area (Å²) in [4.78, 5) is 13.7. The lowest BCUT2D eigenvalue weighted by Crippen LogP contribution is -2.31. The molecular weight excluding hydrogens is 212 g/mol. The van der Waals surface area contributed by atoms with Crippen molar-refractivity contribution < 1.29 is 4.79 Å². The standard InChI is InChI=1S/C14H16N2O/c1-12(17)14(10-15)7-8-16(11-14)9-13-5-3-2-4-6-13/h2-6H,7-9,11H2,1H3. The van der Waals surface area contributed by atoms with E-state index in [2.05, 4.69) is 23.1 Å². The lowest BCUT2D eigenvalue weighted by molar-refractivity contribution is -0.123. The highest BCUT2D eigenvalue weighted by Gasteiger charge is 2.42. The van der Waals surface area contributed by atoms with Crippen LogP contribution in [0.1, 0.15) is 18.9 Å². The van der Waals surface area contributed by atoms with Crippen molar-refractivity contribution in [2.24, 2.45) is 5.41 Å². The summed E-state index contributed by atoms with van der Waals surface area (Å²) in [6.07, 6.45) is 0.658. The van der Waals surface area contributed by atoms with E-state index in [0.29, 0.717) is 13.0 Å². The van der Waals surface area contributed by atoms with Crippen molar-refractivity contribution in [2.45, 2.75) is 19.9 Å². The normalized spacial score (nSPS) is 24.5. The molecule has 0 spiro atoms. The van der Waals surface area contributed by atoms with E-state index in [1.165, 1.54) is 12.5 Å². The first kappa shape index (κ1) is 11.8. The Morgan fingerprint density at radius 1 is 1.47 bits per heavy atom. The van der Waals surface area contributed by atoms with E-state index in [0.717, 1.165) is 13.1 Å². The Morgan fingerprint density at radius 3 is 2.71 bits per heavy atom. The summed E-state index contributed by atoms with van der Waals surface area (Å²) in [6.45, 7) is 3.72. The Bertz CT molecular complexity index is 449. The maximum Gasteiger partial charge on any atom is 0.151 e. The molecule has 1 unspecified atom stereocenters. The van der Waals surface area contributed by atoms with Crippen LogP contribution in [0.4, 0.5) is 0 Å². The van der Waals surface area contributed by atoms with Crippen molar-refractivity contribution >= 4 is 5.78 Å². The summed E-state index contributed by atoms with van der Waals surface area (Å²) >= 11 is 0. The Hall–Kier alpha value is -1.66. The molecule has 0 bridgehead atoms. The molecule has 1 aliphatic rings. The van der Waals surface area contributed by atoms with Crippen LogP contribution in [0.25, 0.3) is 0 Å². The van der Waals surface area contributed by atoms with E-state index in [1.807, 2.05) is 18.2 Å². The van der Waals surface area contributed by atoms with Crippen molar-refractivity contribution in [2.75, 3.05) is 13.1 Å². The van der Waals surface area contributed by atoms with E-state index in [1.54, 1.807) is 0 Å². The molecule has 1 aliphatic heterocycles. The fraction of sp³-hybridized carbons (Fsp3) is 0.429. The van der Waals surface area contributed by atoms with Crippen molar-refractivity contribution in [1.29, 1.82) is 5.26 Å². The topological polar surface area (TPSA) is 44.1 Å². The van der Waals surface area contributed by atoms with Gasteiger partial charge in [-0.25, -0.2) is 0 Å². The molecule has 2 rings (SSSR count). The average molecular weight is 228 g/mol. The molecule has 1 aromatic rings. The van der Waals surface area contributed by atoms with Gasteiger partial charge in [-0.15, -0.1) is 0 Å². The molecule has 3 nitrogen and oxygen atoms in total. The van der Waals surface area contributed by atoms with Gasteiger partial charge in [0.25, 0.3) is 0 Å². The SMILES string of the molecule is CC(=O)C1(C#N)CCN(Cc2ccccc2)C1. The Morgan fingerprint density at radius 2 is 2.18 bits per heavy atom. The molecule has 0 radical (unpaired) electrons. The average Bonchev–Trinajstić information content (AvgIpc) is 2.75. The van der Waals surface area contributed by atoms with Gasteiger partial charge in [-0.1, -0.05) is 30.3 Å². The zero-order valence-electron chi connectivity index (χ0n) is 10.0. The predicted octanol–water partition coefficient (Wildman–Crippen LogP) is 1.99. The zero-order chi connectivity index (χ0) is 12.3. The third-order valence-corrected chi connectivity index (χ3v) is 3.49. The summed E-state index contributed by atoms with van der Waals surface area (Å²) in [7, 11) is 0. The van der Waals surface area contributed by atoms with Gasteiger partial charge >= 0.3 is 0 Å². The van der Waals surface area contributed by atoms with Crippen LogP contribution in [0.15, 0.2) is 30.3 Å².